The molecule has 0 saturated carbocycles. The number of fused-ring (bicyclic) bond motifs is 1. The molecule has 2 aliphatic rings. The van der Waals surface area contributed by atoms with E-state index < -0.39 is 6.10 Å². The molecule has 118 valence electrons. The van der Waals surface area contributed by atoms with E-state index in [1.165, 1.54) is 24.3 Å². The first kappa shape index (κ1) is 15.0. The van der Waals surface area contributed by atoms with Gasteiger partial charge in [-0.15, -0.1) is 0 Å². The van der Waals surface area contributed by atoms with Gasteiger partial charge in [-0.3, -0.25) is 9.59 Å². The minimum Gasteiger partial charge on any atom is -0.366 e. The Morgan fingerprint density at radius 3 is 2.86 bits per heavy atom. The number of anilines is 1. The van der Waals surface area contributed by atoms with Gasteiger partial charge >= 0.3 is 0 Å². The smallest absolute Gasteiger partial charge is 0.252 e. The maximum absolute atomic E-state index is 12.8. The van der Waals surface area contributed by atoms with Gasteiger partial charge in [0.05, 0.1) is 19.1 Å². The number of benzene rings is 1. The third kappa shape index (κ3) is 3.27. The molecule has 0 radical (unpaired) electrons. The van der Waals surface area contributed by atoms with Crippen LogP contribution in [0.1, 0.15) is 25.7 Å². The van der Waals surface area contributed by atoms with Gasteiger partial charge in [-0.2, -0.15) is 0 Å². The molecule has 2 amide bonds. The lowest BCUT2D eigenvalue weighted by atomic mass is 9.99. The van der Waals surface area contributed by atoms with Gasteiger partial charge in [0.2, 0.25) is 5.91 Å². The average Bonchev–Trinajstić information content (AvgIpc) is 2.53. The monoisotopic (exact) mass is 306 g/mol. The highest BCUT2D eigenvalue weighted by molar-refractivity contribution is 5.95. The Morgan fingerprint density at radius 2 is 2.09 bits per heavy atom. The summed E-state index contributed by atoms with van der Waals surface area (Å²) in [5.74, 6) is -0.759. The minimum atomic E-state index is -0.713. The lowest BCUT2D eigenvalue weighted by Crippen LogP contribution is -2.56. The van der Waals surface area contributed by atoms with Crippen molar-refractivity contribution in [3.05, 3.63) is 30.1 Å². The summed E-state index contributed by atoms with van der Waals surface area (Å²) in [6.45, 7) is 1.25. The fraction of sp³-hybridized carbons (Fsp3) is 0.500. The number of halogens is 1. The van der Waals surface area contributed by atoms with Gasteiger partial charge < -0.3 is 15.0 Å². The summed E-state index contributed by atoms with van der Waals surface area (Å²) in [6.07, 6.45) is 2.37. The van der Waals surface area contributed by atoms with E-state index in [1.807, 2.05) is 4.90 Å². The molecule has 0 spiro atoms. The summed E-state index contributed by atoms with van der Waals surface area (Å²) >= 11 is 0. The van der Waals surface area contributed by atoms with Crippen molar-refractivity contribution < 1.29 is 18.7 Å². The summed E-state index contributed by atoms with van der Waals surface area (Å²) in [5.41, 5.74) is 0.505. The first-order valence-electron chi connectivity index (χ1n) is 7.61. The van der Waals surface area contributed by atoms with Crippen LogP contribution in [-0.2, 0) is 14.3 Å². The first-order valence-corrected chi connectivity index (χ1v) is 7.61. The fourth-order valence-corrected chi connectivity index (χ4v) is 3.01. The number of nitrogens with one attached hydrogen (secondary N) is 1. The number of hydrogen-bond acceptors (Lipinski definition) is 3. The van der Waals surface area contributed by atoms with E-state index in [1.54, 1.807) is 0 Å². The zero-order valence-electron chi connectivity index (χ0n) is 12.3. The summed E-state index contributed by atoms with van der Waals surface area (Å²) in [5, 5.41) is 2.65. The maximum atomic E-state index is 12.8. The highest BCUT2D eigenvalue weighted by Gasteiger charge is 2.38. The van der Waals surface area contributed by atoms with Crippen molar-refractivity contribution in [2.75, 3.05) is 18.5 Å². The van der Waals surface area contributed by atoms with Gasteiger partial charge in [-0.25, -0.2) is 4.39 Å². The number of ether oxygens (including phenoxy) is 1. The molecule has 0 unspecified atom stereocenters. The molecule has 6 heteroatoms. The van der Waals surface area contributed by atoms with Gasteiger partial charge in [0.1, 0.15) is 11.9 Å². The Labute approximate surface area is 128 Å². The summed E-state index contributed by atoms with van der Waals surface area (Å²) in [6, 6.07) is 5.68. The van der Waals surface area contributed by atoms with Crippen molar-refractivity contribution in [3.63, 3.8) is 0 Å². The minimum absolute atomic E-state index is 0.0145. The van der Waals surface area contributed by atoms with Gasteiger partial charge in [0.25, 0.3) is 5.91 Å². The molecular formula is C16H19FN2O3. The molecule has 22 heavy (non-hydrogen) atoms. The quantitative estimate of drug-likeness (QED) is 0.928. The largest absolute Gasteiger partial charge is 0.366 e. The van der Waals surface area contributed by atoms with Crippen molar-refractivity contribution in [2.24, 2.45) is 0 Å². The zero-order valence-corrected chi connectivity index (χ0v) is 12.3. The van der Waals surface area contributed by atoms with Crippen LogP contribution >= 0.6 is 0 Å². The molecule has 2 fully saturated rings. The summed E-state index contributed by atoms with van der Waals surface area (Å²) < 4.78 is 18.4. The SMILES string of the molecule is O=C(C[C@H]1OC[C@@H]2CCCCN2C1=O)Nc1ccc(F)cc1. The maximum Gasteiger partial charge on any atom is 0.252 e. The van der Waals surface area contributed by atoms with Crippen LogP contribution in [0.5, 0.6) is 0 Å². The van der Waals surface area contributed by atoms with Crippen molar-refractivity contribution >= 4 is 17.5 Å². The van der Waals surface area contributed by atoms with E-state index in [0.29, 0.717) is 12.3 Å². The Morgan fingerprint density at radius 1 is 1.32 bits per heavy atom. The number of morpholine rings is 1. The van der Waals surface area contributed by atoms with Crippen molar-refractivity contribution in [1.82, 2.24) is 4.90 Å². The molecule has 5 nitrogen and oxygen atoms in total. The number of carbonyl (C=O) groups is 2. The van der Waals surface area contributed by atoms with Gasteiger partial charge in [-0.1, -0.05) is 0 Å². The lowest BCUT2D eigenvalue weighted by Gasteiger charge is -2.41. The molecule has 2 aliphatic heterocycles. The molecule has 2 heterocycles. The highest BCUT2D eigenvalue weighted by atomic mass is 19.1. The standard InChI is InChI=1S/C16H19FN2O3/c17-11-4-6-12(7-5-11)18-15(20)9-14-16(21)19-8-2-1-3-13(19)10-22-14/h4-7,13-14H,1-3,8-10H2,(H,18,20)/t13-,14+/m0/s1. The van der Waals surface area contributed by atoms with Crippen LogP contribution in [0, 0.1) is 5.82 Å². The molecule has 2 atom stereocenters. The third-order valence-electron chi connectivity index (χ3n) is 4.17. The number of carbonyl (C=O) groups excluding carboxylic acids is 2. The van der Waals surface area contributed by atoms with E-state index in [9.17, 15) is 14.0 Å². The van der Waals surface area contributed by atoms with Crippen LogP contribution in [0.2, 0.25) is 0 Å². The van der Waals surface area contributed by atoms with Gasteiger partial charge in [0.15, 0.2) is 0 Å². The molecule has 0 aromatic heterocycles. The second-order valence-corrected chi connectivity index (χ2v) is 5.76. The predicted octanol–water partition coefficient (Wildman–Crippen LogP) is 1.93. The van der Waals surface area contributed by atoms with Crippen molar-refractivity contribution in [2.45, 2.75) is 37.8 Å². The normalized spacial score (nSPS) is 24.8. The average molecular weight is 306 g/mol. The van der Waals surface area contributed by atoms with Crippen LogP contribution in [0.3, 0.4) is 0 Å². The van der Waals surface area contributed by atoms with E-state index in [0.717, 1.165) is 25.8 Å². The van der Waals surface area contributed by atoms with Crippen molar-refractivity contribution in [3.8, 4) is 0 Å². The Kier molecular flexibility index (Phi) is 4.38. The van der Waals surface area contributed by atoms with E-state index in [-0.39, 0.29) is 30.1 Å². The fourth-order valence-electron chi connectivity index (χ4n) is 3.01. The molecular weight excluding hydrogens is 287 g/mol. The van der Waals surface area contributed by atoms with Crippen LogP contribution in [-0.4, -0.2) is 42.0 Å². The number of rotatable bonds is 3. The van der Waals surface area contributed by atoms with E-state index >= 15 is 0 Å². The van der Waals surface area contributed by atoms with E-state index in [4.69, 9.17) is 4.74 Å². The van der Waals surface area contributed by atoms with Crippen LogP contribution in [0.4, 0.5) is 10.1 Å². The molecule has 2 saturated heterocycles. The predicted molar refractivity (Wildman–Crippen MR) is 78.7 cm³/mol. The molecule has 1 N–H and O–H groups in total. The summed E-state index contributed by atoms with van der Waals surface area (Å²) in [7, 11) is 0. The van der Waals surface area contributed by atoms with Crippen molar-refractivity contribution in [1.29, 1.82) is 0 Å². The third-order valence-corrected chi connectivity index (χ3v) is 4.17. The van der Waals surface area contributed by atoms with Gasteiger partial charge in [0, 0.05) is 12.2 Å². The molecule has 1 aromatic rings. The van der Waals surface area contributed by atoms with E-state index in [2.05, 4.69) is 5.32 Å². The number of piperidine rings is 1. The Balaban J connectivity index is 1.57. The van der Waals surface area contributed by atoms with Crippen LogP contribution in [0.25, 0.3) is 0 Å². The molecule has 1 aromatic carbocycles. The number of amides is 2. The van der Waals surface area contributed by atoms with Crippen LogP contribution in [0.15, 0.2) is 24.3 Å². The lowest BCUT2D eigenvalue weighted by molar-refractivity contribution is -0.163. The Hall–Kier alpha value is -1.95. The molecule has 3 rings (SSSR count). The summed E-state index contributed by atoms with van der Waals surface area (Å²) in [4.78, 5) is 26.2. The second kappa shape index (κ2) is 6.44. The zero-order chi connectivity index (χ0) is 15.5. The highest BCUT2D eigenvalue weighted by Crippen LogP contribution is 2.24. The van der Waals surface area contributed by atoms with Crippen LogP contribution < -0.4 is 5.32 Å². The number of hydrogen-bond donors (Lipinski definition) is 1. The topological polar surface area (TPSA) is 58.6 Å². The molecule has 0 aliphatic carbocycles. The Bertz CT molecular complexity index is 561. The second-order valence-electron chi connectivity index (χ2n) is 5.76. The first-order chi connectivity index (χ1) is 10.6. The van der Waals surface area contributed by atoms with Gasteiger partial charge in [-0.05, 0) is 43.5 Å². The molecule has 0 bridgehead atoms. The number of nitrogens with zero attached hydrogens (tertiary/aromatic N) is 1.